The third-order valence-corrected chi connectivity index (χ3v) is 1.82. The van der Waals surface area contributed by atoms with Crippen molar-refractivity contribution in [2.75, 3.05) is 11.9 Å². The maximum atomic E-state index is 11.0. The minimum atomic E-state index is -0.277. The van der Waals surface area contributed by atoms with E-state index >= 15 is 0 Å². The number of amides is 1. The fraction of sp³-hybridized carbons (Fsp3) is 0.125. The fourth-order valence-corrected chi connectivity index (χ4v) is 1.24. The van der Waals surface area contributed by atoms with Crippen LogP contribution in [-0.4, -0.2) is 12.5 Å². The van der Waals surface area contributed by atoms with Gasteiger partial charge in [-0.15, -0.1) is 12.4 Å². The molecule has 14 heavy (non-hydrogen) atoms. The standard InChI is InChI=1S/C8H9BrN2O2.ClH/c9-6-2-1-3-7(4-6)11-8(12)5-13-10;/h1-4H,5,10H2,(H,11,12);1H. The number of anilines is 1. The number of nitrogens with one attached hydrogen (secondary N) is 1. The van der Waals surface area contributed by atoms with Gasteiger partial charge in [0.2, 0.25) is 0 Å². The molecule has 0 heterocycles. The Hall–Kier alpha value is -0.620. The van der Waals surface area contributed by atoms with Gasteiger partial charge in [-0.2, -0.15) is 0 Å². The molecule has 0 radical (unpaired) electrons. The number of hydrogen-bond acceptors (Lipinski definition) is 3. The maximum absolute atomic E-state index is 11.0. The molecule has 0 aliphatic heterocycles. The molecular weight excluding hydrogens is 271 g/mol. The molecule has 0 aliphatic carbocycles. The third-order valence-electron chi connectivity index (χ3n) is 1.32. The van der Waals surface area contributed by atoms with Gasteiger partial charge in [-0.05, 0) is 18.2 Å². The second-order valence-corrected chi connectivity index (χ2v) is 3.29. The summed E-state index contributed by atoms with van der Waals surface area (Å²) in [4.78, 5) is 15.2. The van der Waals surface area contributed by atoms with Gasteiger partial charge in [0.05, 0.1) is 0 Å². The van der Waals surface area contributed by atoms with E-state index < -0.39 is 0 Å². The van der Waals surface area contributed by atoms with E-state index in [0.717, 1.165) is 4.47 Å². The van der Waals surface area contributed by atoms with E-state index in [1.165, 1.54) is 0 Å². The van der Waals surface area contributed by atoms with Gasteiger partial charge in [-0.25, -0.2) is 5.90 Å². The van der Waals surface area contributed by atoms with Crippen molar-refractivity contribution in [1.82, 2.24) is 0 Å². The Kier molecular flexibility index (Phi) is 6.48. The Morgan fingerprint density at radius 3 is 2.86 bits per heavy atom. The van der Waals surface area contributed by atoms with Gasteiger partial charge in [-0.1, -0.05) is 22.0 Å². The molecule has 0 spiro atoms. The van der Waals surface area contributed by atoms with Crippen LogP contribution in [0.15, 0.2) is 28.7 Å². The molecule has 1 amide bonds. The zero-order valence-electron chi connectivity index (χ0n) is 7.20. The summed E-state index contributed by atoms with van der Waals surface area (Å²) < 4.78 is 0.902. The van der Waals surface area contributed by atoms with Gasteiger partial charge in [-0.3, -0.25) is 9.63 Å². The molecule has 3 N–H and O–H groups in total. The van der Waals surface area contributed by atoms with Crippen LogP contribution < -0.4 is 11.2 Å². The molecule has 0 saturated heterocycles. The van der Waals surface area contributed by atoms with Gasteiger partial charge in [0, 0.05) is 10.2 Å². The van der Waals surface area contributed by atoms with Crippen LogP contribution in [0.5, 0.6) is 0 Å². The summed E-state index contributed by atoms with van der Waals surface area (Å²) in [5, 5.41) is 2.61. The summed E-state index contributed by atoms with van der Waals surface area (Å²) in [5.41, 5.74) is 0.705. The molecule has 0 bridgehead atoms. The predicted octanol–water partition coefficient (Wildman–Crippen LogP) is 1.70. The second-order valence-electron chi connectivity index (χ2n) is 2.37. The van der Waals surface area contributed by atoms with E-state index in [1.807, 2.05) is 12.1 Å². The maximum Gasteiger partial charge on any atom is 0.252 e. The number of hydrogen-bond donors (Lipinski definition) is 2. The highest BCUT2D eigenvalue weighted by Crippen LogP contribution is 2.15. The van der Waals surface area contributed by atoms with Gasteiger partial charge in [0.25, 0.3) is 5.91 Å². The number of carbonyl (C=O) groups excluding carboxylic acids is 1. The third kappa shape index (κ3) is 4.57. The minimum Gasteiger partial charge on any atom is -0.324 e. The van der Waals surface area contributed by atoms with Crippen LogP contribution in [0.4, 0.5) is 5.69 Å². The fourth-order valence-electron chi connectivity index (χ4n) is 0.839. The molecule has 0 unspecified atom stereocenters. The van der Waals surface area contributed by atoms with Crippen molar-refractivity contribution in [2.24, 2.45) is 5.90 Å². The lowest BCUT2D eigenvalue weighted by molar-refractivity contribution is -0.120. The van der Waals surface area contributed by atoms with E-state index in [4.69, 9.17) is 5.90 Å². The van der Waals surface area contributed by atoms with Gasteiger partial charge < -0.3 is 5.32 Å². The Bertz CT molecular complexity index is 309. The van der Waals surface area contributed by atoms with Gasteiger partial charge >= 0.3 is 0 Å². The van der Waals surface area contributed by atoms with Crippen molar-refractivity contribution >= 4 is 39.9 Å². The summed E-state index contributed by atoms with van der Waals surface area (Å²) in [6, 6.07) is 7.26. The molecular formula is C8H10BrClN2O2. The van der Waals surface area contributed by atoms with Crippen molar-refractivity contribution in [1.29, 1.82) is 0 Å². The summed E-state index contributed by atoms with van der Waals surface area (Å²) in [6.45, 7) is -0.146. The van der Waals surface area contributed by atoms with Crippen LogP contribution >= 0.6 is 28.3 Å². The van der Waals surface area contributed by atoms with Crippen LogP contribution in [0, 0.1) is 0 Å². The quantitative estimate of drug-likeness (QED) is 0.829. The van der Waals surface area contributed by atoms with Crippen molar-refractivity contribution in [3.05, 3.63) is 28.7 Å². The van der Waals surface area contributed by atoms with E-state index in [1.54, 1.807) is 12.1 Å². The number of nitrogens with two attached hydrogens (primary N) is 1. The highest BCUT2D eigenvalue weighted by Gasteiger charge is 2.00. The lowest BCUT2D eigenvalue weighted by atomic mass is 10.3. The summed E-state index contributed by atoms with van der Waals surface area (Å²) in [7, 11) is 0. The predicted molar refractivity (Wildman–Crippen MR) is 60.2 cm³/mol. The van der Waals surface area contributed by atoms with Crippen LogP contribution in [0.2, 0.25) is 0 Å². The van der Waals surface area contributed by atoms with E-state index in [2.05, 4.69) is 26.1 Å². The molecule has 0 aliphatic rings. The van der Waals surface area contributed by atoms with Crippen LogP contribution in [0.3, 0.4) is 0 Å². The highest BCUT2D eigenvalue weighted by atomic mass is 79.9. The topological polar surface area (TPSA) is 64.3 Å². The molecule has 1 aromatic rings. The van der Waals surface area contributed by atoms with Crippen molar-refractivity contribution < 1.29 is 9.63 Å². The molecule has 0 aromatic heterocycles. The minimum absolute atomic E-state index is 0. The van der Waals surface area contributed by atoms with Crippen molar-refractivity contribution in [3.63, 3.8) is 0 Å². The monoisotopic (exact) mass is 280 g/mol. The molecule has 0 saturated carbocycles. The van der Waals surface area contributed by atoms with Crippen LogP contribution in [0.25, 0.3) is 0 Å². The SMILES string of the molecule is Cl.NOCC(=O)Nc1cccc(Br)c1. The lowest BCUT2D eigenvalue weighted by Gasteiger charge is -2.03. The Balaban J connectivity index is 0.00000169. The second kappa shape index (κ2) is 6.78. The first-order valence-electron chi connectivity index (χ1n) is 3.59. The highest BCUT2D eigenvalue weighted by molar-refractivity contribution is 9.10. The summed E-state index contributed by atoms with van der Waals surface area (Å²) in [6.07, 6.45) is 0. The smallest absolute Gasteiger partial charge is 0.252 e. The molecule has 78 valence electrons. The summed E-state index contributed by atoms with van der Waals surface area (Å²) in [5.74, 6) is 4.47. The number of rotatable bonds is 3. The van der Waals surface area contributed by atoms with Crippen LogP contribution in [-0.2, 0) is 9.63 Å². The van der Waals surface area contributed by atoms with E-state index in [0.29, 0.717) is 5.69 Å². The molecule has 1 rings (SSSR count). The largest absolute Gasteiger partial charge is 0.324 e. The van der Waals surface area contributed by atoms with E-state index in [9.17, 15) is 4.79 Å². The Morgan fingerprint density at radius 1 is 1.57 bits per heavy atom. The zero-order chi connectivity index (χ0) is 9.68. The first-order chi connectivity index (χ1) is 6.22. The number of halogens is 2. The molecule has 6 heteroatoms. The number of benzene rings is 1. The van der Waals surface area contributed by atoms with E-state index in [-0.39, 0.29) is 24.9 Å². The molecule has 4 nitrogen and oxygen atoms in total. The summed E-state index contributed by atoms with van der Waals surface area (Å²) >= 11 is 3.28. The number of carbonyl (C=O) groups is 1. The van der Waals surface area contributed by atoms with Gasteiger partial charge in [0.1, 0.15) is 6.61 Å². The van der Waals surface area contributed by atoms with Crippen molar-refractivity contribution in [3.8, 4) is 0 Å². The first kappa shape index (κ1) is 13.4. The normalized spacial score (nSPS) is 9.00. The molecule has 0 fully saturated rings. The molecule has 0 atom stereocenters. The molecule has 1 aromatic carbocycles. The Morgan fingerprint density at radius 2 is 2.29 bits per heavy atom. The lowest BCUT2D eigenvalue weighted by Crippen LogP contribution is -2.20. The van der Waals surface area contributed by atoms with Crippen molar-refractivity contribution in [2.45, 2.75) is 0 Å². The Labute approximate surface area is 96.3 Å². The van der Waals surface area contributed by atoms with Crippen LogP contribution in [0.1, 0.15) is 0 Å². The first-order valence-corrected chi connectivity index (χ1v) is 4.39. The zero-order valence-corrected chi connectivity index (χ0v) is 9.60. The average molecular weight is 282 g/mol. The van der Waals surface area contributed by atoms with Gasteiger partial charge in [0.15, 0.2) is 0 Å². The average Bonchev–Trinajstić information content (AvgIpc) is 2.04.